The predicted octanol–water partition coefficient (Wildman–Crippen LogP) is 2.10. The largest absolute Gasteiger partial charge is 0.497 e. The monoisotopic (exact) mass is 246 g/mol. The van der Waals surface area contributed by atoms with Crippen molar-refractivity contribution in [2.45, 2.75) is 6.92 Å². The summed E-state index contributed by atoms with van der Waals surface area (Å²) in [7, 11) is 3.36. The molecule has 0 unspecified atom stereocenters. The molecule has 0 saturated heterocycles. The normalized spacial score (nSPS) is 10.4. The molecule has 1 heterocycles. The first-order valence-corrected chi connectivity index (χ1v) is 5.44. The summed E-state index contributed by atoms with van der Waals surface area (Å²) in [6, 6.07) is 4.99. The molecule has 0 radical (unpaired) electrons. The van der Waals surface area contributed by atoms with E-state index in [4.69, 9.17) is 4.74 Å². The molecule has 0 fully saturated rings. The number of carboxylic acids is 1. The van der Waals surface area contributed by atoms with Gasteiger partial charge in [-0.15, -0.1) is 0 Å². The van der Waals surface area contributed by atoms with Gasteiger partial charge in [0.1, 0.15) is 11.6 Å². The lowest BCUT2D eigenvalue weighted by molar-refractivity contribution is 0.0697. The quantitative estimate of drug-likeness (QED) is 0.900. The van der Waals surface area contributed by atoms with Crippen molar-refractivity contribution >= 4 is 5.97 Å². The number of rotatable bonds is 3. The Hall–Kier alpha value is -2.30. The van der Waals surface area contributed by atoms with Crippen LogP contribution in [0.4, 0.5) is 0 Å². The standard InChI is InChI=1S/C13H14N2O3/c1-8-14-7-12(15(8)2)10-5-4-9(18-3)6-11(10)13(16)17/h4-7H,1-3H3,(H,16,17). The van der Waals surface area contributed by atoms with Crippen molar-refractivity contribution in [3.63, 3.8) is 0 Å². The topological polar surface area (TPSA) is 64.4 Å². The first kappa shape index (κ1) is 12.2. The second-order valence-electron chi connectivity index (χ2n) is 3.97. The minimum absolute atomic E-state index is 0.206. The minimum Gasteiger partial charge on any atom is -0.497 e. The first-order valence-electron chi connectivity index (χ1n) is 5.44. The summed E-state index contributed by atoms with van der Waals surface area (Å²) in [5, 5.41) is 9.26. The first-order chi connectivity index (χ1) is 8.54. The Kier molecular flexibility index (Phi) is 3.06. The number of carbonyl (C=O) groups is 1. The summed E-state index contributed by atoms with van der Waals surface area (Å²) >= 11 is 0. The minimum atomic E-state index is -0.984. The maximum absolute atomic E-state index is 11.3. The Morgan fingerprint density at radius 1 is 1.44 bits per heavy atom. The van der Waals surface area contributed by atoms with E-state index in [9.17, 15) is 9.90 Å². The summed E-state index contributed by atoms with van der Waals surface area (Å²) in [6.07, 6.45) is 1.67. The number of aromatic carboxylic acids is 1. The molecule has 0 atom stereocenters. The second-order valence-corrected chi connectivity index (χ2v) is 3.97. The molecule has 0 bridgehead atoms. The zero-order valence-electron chi connectivity index (χ0n) is 10.5. The fourth-order valence-electron chi connectivity index (χ4n) is 1.80. The van der Waals surface area contributed by atoms with Gasteiger partial charge >= 0.3 is 5.97 Å². The SMILES string of the molecule is COc1ccc(-c2cnc(C)n2C)c(C(=O)O)c1. The van der Waals surface area contributed by atoms with Crippen LogP contribution in [-0.4, -0.2) is 27.7 Å². The predicted molar refractivity (Wildman–Crippen MR) is 66.9 cm³/mol. The number of nitrogens with zero attached hydrogens (tertiary/aromatic N) is 2. The number of hydrogen-bond acceptors (Lipinski definition) is 3. The molecular weight excluding hydrogens is 232 g/mol. The lowest BCUT2D eigenvalue weighted by atomic mass is 10.0. The smallest absolute Gasteiger partial charge is 0.336 e. The van der Waals surface area contributed by atoms with Gasteiger partial charge in [-0.1, -0.05) is 0 Å². The fourth-order valence-corrected chi connectivity index (χ4v) is 1.80. The van der Waals surface area contributed by atoms with Gasteiger partial charge in [0.05, 0.1) is 24.6 Å². The van der Waals surface area contributed by atoms with E-state index in [1.54, 1.807) is 18.3 Å². The van der Waals surface area contributed by atoms with Crippen LogP contribution in [-0.2, 0) is 7.05 Å². The lowest BCUT2D eigenvalue weighted by Crippen LogP contribution is -2.03. The van der Waals surface area contributed by atoms with Crippen LogP contribution in [0.2, 0.25) is 0 Å². The number of methoxy groups -OCH3 is 1. The third kappa shape index (κ3) is 1.95. The molecule has 0 amide bonds. The average Bonchev–Trinajstić information content (AvgIpc) is 2.69. The van der Waals surface area contributed by atoms with Gasteiger partial charge in [0.2, 0.25) is 0 Å². The highest BCUT2D eigenvalue weighted by Gasteiger charge is 2.16. The second kappa shape index (κ2) is 4.52. The van der Waals surface area contributed by atoms with Crippen LogP contribution >= 0.6 is 0 Å². The van der Waals surface area contributed by atoms with Gasteiger partial charge in [-0.05, 0) is 25.1 Å². The molecule has 94 valence electrons. The zero-order chi connectivity index (χ0) is 13.3. The molecule has 2 aromatic rings. The van der Waals surface area contributed by atoms with E-state index in [0.717, 1.165) is 11.5 Å². The molecule has 0 aliphatic rings. The van der Waals surface area contributed by atoms with Crippen LogP contribution in [0.1, 0.15) is 16.2 Å². The molecule has 0 aliphatic heterocycles. The maximum atomic E-state index is 11.3. The fraction of sp³-hybridized carbons (Fsp3) is 0.231. The van der Waals surface area contributed by atoms with Crippen LogP contribution in [0.25, 0.3) is 11.3 Å². The van der Waals surface area contributed by atoms with E-state index in [1.807, 2.05) is 18.5 Å². The Bertz CT molecular complexity index is 602. The van der Waals surface area contributed by atoms with Crippen molar-refractivity contribution in [2.24, 2.45) is 7.05 Å². The van der Waals surface area contributed by atoms with Gasteiger partial charge in [-0.3, -0.25) is 0 Å². The van der Waals surface area contributed by atoms with Gasteiger partial charge in [0, 0.05) is 12.6 Å². The summed E-state index contributed by atoms with van der Waals surface area (Å²) in [5.41, 5.74) is 1.61. The van der Waals surface area contributed by atoms with E-state index in [0.29, 0.717) is 11.3 Å². The Morgan fingerprint density at radius 2 is 2.17 bits per heavy atom. The number of benzene rings is 1. The van der Waals surface area contributed by atoms with Crippen LogP contribution in [0.15, 0.2) is 24.4 Å². The third-order valence-corrected chi connectivity index (χ3v) is 2.95. The number of carboxylic acid groups (broad SMARTS) is 1. The van der Waals surface area contributed by atoms with E-state index in [-0.39, 0.29) is 5.56 Å². The molecule has 5 heteroatoms. The van der Waals surface area contributed by atoms with E-state index in [1.165, 1.54) is 13.2 Å². The van der Waals surface area contributed by atoms with E-state index < -0.39 is 5.97 Å². The van der Waals surface area contributed by atoms with Gasteiger partial charge < -0.3 is 14.4 Å². The number of aromatic nitrogens is 2. The molecule has 5 nitrogen and oxygen atoms in total. The number of hydrogen-bond donors (Lipinski definition) is 1. The molecule has 1 N–H and O–H groups in total. The molecule has 2 rings (SSSR count). The van der Waals surface area contributed by atoms with Gasteiger partial charge in [0.25, 0.3) is 0 Å². The molecule has 0 spiro atoms. The number of aryl methyl sites for hydroxylation is 1. The Balaban J connectivity index is 2.64. The zero-order valence-corrected chi connectivity index (χ0v) is 10.5. The van der Waals surface area contributed by atoms with Crippen molar-refractivity contribution in [3.8, 4) is 17.0 Å². The molecule has 1 aromatic carbocycles. The molecular formula is C13H14N2O3. The molecule has 18 heavy (non-hydrogen) atoms. The third-order valence-electron chi connectivity index (χ3n) is 2.95. The average molecular weight is 246 g/mol. The molecule has 1 aromatic heterocycles. The van der Waals surface area contributed by atoms with Gasteiger partial charge in [-0.2, -0.15) is 0 Å². The van der Waals surface area contributed by atoms with Crippen molar-refractivity contribution in [1.82, 2.24) is 9.55 Å². The lowest BCUT2D eigenvalue weighted by Gasteiger charge is -2.09. The Morgan fingerprint density at radius 3 is 2.67 bits per heavy atom. The highest BCUT2D eigenvalue weighted by atomic mass is 16.5. The summed E-state index contributed by atoms with van der Waals surface area (Å²) in [6.45, 7) is 1.87. The molecule has 0 aliphatic carbocycles. The summed E-state index contributed by atoms with van der Waals surface area (Å²) < 4.78 is 6.90. The summed E-state index contributed by atoms with van der Waals surface area (Å²) in [5.74, 6) is 0.370. The van der Waals surface area contributed by atoms with Gasteiger partial charge in [0.15, 0.2) is 0 Å². The van der Waals surface area contributed by atoms with E-state index >= 15 is 0 Å². The Labute approximate surface area is 105 Å². The van der Waals surface area contributed by atoms with E-state index in [2.05, 4.69) is 4.98 Å². The van der Waals surface area contributed by atoms with Crippen LogP contribution in [0, 0.1) is 6.92 Å². The highest BCUT2D eigenvalue weighted by Crippen LogP contribution is 2.27. The van der Waals surface area contributed by atoms with Gasteiger partial charge in [-0.25, -0.2) is 9.78 Å². The van der Waals surface area contributed by atoms with Crippen LogP contribution < -0.4 is 4.74 Å². The maximum Gasteiger partial charge on any atom is 0.336 e. The van der Waals surface area contributed by atoms with Crippen molar-refractivity contribution < 1.29 is 14.6 Å². The van der Waals surface area contributed by atoms with Crippen molar-refractivity contribution in [3.05, 3.63) is 35.8 Å². The van der Waals surface area contributed by atoms with Crippen LogP contribution in [0.3, 0.4) is 0 Å². The summed E-state index contributed by atoms with van der Waals surface area (Å²) in [4.78, 5) is 15.5. The van der Waals surface area contributed by atoms with Crippen LogP contribution in [0.5, 0.6) is 5.75 Å². The van der Waals surface area contributed by atoms with Crippen molar-refractivity contribution in [2.75, 3.05) is 7.11 Å². The highest BCUT2D eigenvalue weighted by molar-refractivity contribution is 5.96. The molecule has 0 saturated carbocycles. The van der Waals surface area contributed by atoms with Crippen molar-refractivity contribution in [1.29, 1.82) is 0 Å². The number of ether oxygens (including phenoxy) is 1. The number of imidazole rings is 1.